The Morgan fingerprint density at radius 1 is 1.29 bits per heavy atom. The summed E-state index contributed by atoms with van der Waals surface area (Å²) in [6.45, 7) is 1.68. The Labute approximate surface area is 165 Å². The van der Waals surface area contributed by atoms with Crippen LogP contribution in [0, 0.1) is 0 Å². The van der Waals surface area contributed by atoms with Gasteiger partial charge in [0.25, 0.3) is 0 Å². The zero-order chi connectivity index (χ0) is 16.7. The summed E-state index contributed by atoms with van der Waals surface area (Å²) in [7, 11) is 8.00. The third-order valence-electron chi connectivity index (χ3n) is 3.80. The van der Waals surface area contributed by atoms with E-state index in [1.165, 1.54) is 4.88 Å². The molecule has 1 atom stereocenters. The standard InChI is InChI=1S/C17H26N4OS.HI/c1-18-17(21(4)10-9-14-7-6-12-23-14)19-13-15(20(2)3)16-8-5-11-22-16;/h5-8,11-12,15H,9-10,13H2,1-4H3,(H,18,19);1H. The lowest BCUT2D eigenvalue weighted by Crippen LogP contribution is -2.43. The molecule has 24 heavy (non-hydrogen) atoms. The number of guanidine groups is 1. The highest BCUT2D eigenvalue weighted by molar-refractivity contribution is 14.0. The van der Waals surface area contributed by atoms with Gasteiger partial charge in [-0.3, -0.25) is 9.89 Å². The highest BCUT2D eigenvalue weighted by Gasteiger charge is 2.18. The van der Waals surface area contributed by atoms with E-state index in [9.17, 15) is 0 Å². The SMILES string of the molecule is CN=C(NCC(c1ccco1)N(C)C)N(C)CCc1cccs1.I. The molecule has 0 saturated heterocycles. The number of halogens is 1. The van der Waals surface area contributed by atoms with Crippen molar-refractivity contribution in [1.29, 1.82) is 0 Å². The number of likely N-dealkylation sites (N-methyl/N-ethyl adjacent to an activating group) is 2. The average molecular weight is 462 g/mol. The van der Waals surface area contributed by atoms with Crippen molar-refractivity contribution in [2.75, 3.05) is 41.3 Å². The number of nitrogens with zero attached hydrogens (tertiary/aromatic N) is 3. The molecule has 0 saturated carbocycles. The molecule has 0 amide bonds. The lowest BCUT2D eigenvalue weighted by atomic mass is 10.2. The first-order chi connectivity index (χ1) is 11.1. The minimum Gasteiger partial charge on any atom is -0.468 e. The van der Waals surface area contributed by atoms with Crippen LogP contribution < -0.4 is 5.32 Å². The van der Waals surface area contributed by atoms with Gasteiger partial charge in [0.05, 0.1) is 12.3 Å². The van der Waals surface area contributed by atoms with Crippen molar-refractivity contribution in [2.45, 2.75) is 12.5 Å². The third kappa shape index (κ3) is 6.10. The molecule has 1 N–H and O–H groups in total. The molecule has 2 rings (SSSR count). The van der Waals surface area contributed by atoms with Gasteiger partial charge in [-0.25, -0.2) is 0 Å². The van der Waals surface area contributed by atoms with E-state index in [4.69, 9.17) is 4.42 Å². The van der Waals surface area contributed by atoms with Crippen LogP contribution in [0.4, 0.5) is 0 Å². The molecule has 5 nitrogen and oxygen atoms in total. The van der Waals surface area contributed by atoms with Crippen LogP contribution in [-0.4, -0.2) is 57.0 Å². The number of rotatable bonds is 7. The van der Waals surface area contributed by atoms with Crippen LogP contribution in [0.15, 0.2) is 45.3 Å². The zero-order valence-electron chi connectivity index (χ0n) is 14.7. The van der Waals surface area contributed by atoms with Gasteiger partial charge in [0.1, 0.15) is 5.76 Å². The van der Waals surface area contributed by atoms with Gasteiger partial charge in [-0.15, -0.1) is 35.3 Å². The molecular formula is C17H27IN4OS. The molecule has 2 aromatic rings. The maximum Gasteiger partial charge on any atom is 0.193 e. The van der Waals surface area contributed by atoms with Crippen LogP contribution in [0.5, 0.6) is 0 Å². The Balaban J connectivity index is 0.00000288. The maximum absolute atomic E-state index is 5.55. The lowest BCUT2D eigenvalue weighted by Gasteiger charge is -2.27. The van der Waals surface area contributed by atoms with Crippen molar-refractivity contribution < 1.29 is 4.42 Å². The first-order valence-corrected chi connectivity index (χ1v) is 8.63. The Hall–Kier alpha value is -1.06. The fourth-order valence-corrected chi connectivity index (χ4v) is 3.13. The molecule has 0 fully saturated rings. The Kier molecular flexibility index (Phi) is 9.38. The van der Waals surface area contributed by atoms with Crippen LogP contribution in [-0.2, 0) is 6.42 Å². The molecule has 0 aliphatic rings. The van der Waals surface area contributed by atoms with Gasteiger partial charge >= 0.3 is 0 Å². The van der Waals surface area contributed by atoms with Gasteiger partial charge in [-0.05, 0) is 44.1 Å². The first kappa shape index (κ1) is 21.0. The van der Waals surface area contributed by atoms with E-state index in [1.54, 1.807) is 17.6 Å². The molecule has 0 bridgehead atoms. The van der Waals surface area contributed by atoms with E-state index < -0.39 is 0 Å². The molecule has 0 radical (unpaired) electrons. The van der Waals surface area contributed by atoms with E-state index in [2.05, 4.69) is 58.8 Å². The maximum atomic E-state index is 5.55. The van der Waals surface area contributed by atoms with E-state index in [0.717, 1.165) is 31.2 Å². The minimum atomic E-state index is 0. The predicted molar refractivity (Wildman–Crippen MR) is 113 cm³/mol. The fourth-order valence-electron chi connectivity index (χ4n) is 2.43. The van der Waals surface area contributed by atoms with E-state index in [1.807, 2.05) is 19.2 Å². The number of hydrogen-bond acceptors (Lipinski definition) is 4. The van der Waals surface area contributed by atoms with Crippen molar-refractivity contribution in [3.05, 3.63) is 46.5 Å². The van der Waals surface area contributed by atoms with Gasteiger partial charge < -0.3 is 14.6 Å². The monoisotopic (exact) mass is 462 g/mol. The molecule has 0 aliphatic carbocycles. The number of furan rings is 1. The molecule has 134 valence electrons. The van der Waals surface area contributed by atoms with Crippen molar-refractivity contribution >= 4 is 41.3 Å². The van der Waals surface area contributed by atoms with Crippen LogP contribution in [0.1, 0.15) is 16.7 Å². The topological polar surface area (TPSA) is 44.0 Å². The first-order valence-electron chi connectivity index (χ1n) is 7.75. The van der Waals surface area contributed by atoms with E-state index in [-0.39, 0.29) is 30.0 Å². The lowest BCUT2D eigenvalue weighted by molar-refractivity contribution is 0.256. The summed E-state index contributed by atoms with van der Waals surface area (Å²) in [5, 5.41) is 5.57. The molecule has 0 aromatic carbocycles. The predicted octanol–water partition coefficient (Wildman–Crippen LogP) is 3.31. The highest BCUT2D eigenvalue weighted by atomic mass is 127. The quantitative estimate of drug-likeness (QED) is 0.390. The second-order valence-corrected chi connectivity index (χ2v) is 6.71. The summed E-state index contributed by atoms with van der Waals surface area (Å²) in [5.41, 5.74) is 0. The van der Waals surface area contributed by atoms with Gasteiger partial charge in [-0.1, -0.05) is 6.07 Å². The van der Waals surface area contributed by atoms with Crippen molar-refractivity contribution in [3.8, 4) is 0 Å². The normalized spacial score (nSPS) is 12.8. The van der Waals surface area contributed by atoms with Crippen LogP contribution in [0.3, 0.4) is 0 Å². The third-order valence-corrected chi connectivity index (χ3v) is 4.73. The van der Waals surface area contributed by atoms with Gasteiger partial charge in [-0.2, -0.15) is 0 Å². The molecule has 1 unspecified atom stereocenters. The Morgan fingerprint density at radius 3 is 2.62 bits per heavy atom. The number of thiophene rings is 1. The molecule has 0 spiro atoms. The van der Waals surface area contributed by atoms with Gasteiger partial charge in [0, 0.05) is 32.1 Å². The van der Waals surface area contributed by atoms with Gasteiger partial charge in [0.2, 0.25) is 0 Å². The summed E-state index contributed by atoms with van der Waals surface area (Å²) < 4.78 is 5.55. The Bertz CT molecular complexity index is 584. The summed E-state index contributed by atoms with van der Waals surface area (Å²) in [6.07, 6.45) is 2.75. The van der Waals surface area contributed by atoms with E-state index in [0.29, 0.717) is 0 Å². The smallest absolute Gasteiger partial charge is 0.193 e. The van der Waals surface area contributed by atoms with Crippen LogP contribution in [0.2, 0.25) is 0 Å². The zero-order valence-corrected chi connectivity index (χ0v) is 17.9. The highest BCUT2D eigenvalue weighted by Crippen LogP contribution is 2.17. The Morgan fingerprint density at radius 2 is 2.08 bits per heavy atom. The van der Waals surface area contributed by atoms with Gasteiger partial charge in [0.15, 0.2) is 5.96 Å². The largest absolute Gasteiger partial charge is 0.468 e. The summed E-state index contributed by atoms with van der Waals surface area (Å²) in [4.78, 5) is 10.1. The second kappa shape index (κ2) is 10.7. The van der Waals surface area contributed by atoms with Crippen molar-refractivity contribution in [1.82, 2.24) is 15.1 Å². The fraction of sp³-hybridized carbons (Fsp3) is 0.471. The number of nitrogens with one attached hydrogen (secondary N) is 1. The molecule has 7 heteroatoms. The number of aliphatic imine (C=N–C) groups is 1. The van der Waals surface area contributed by atoms with Crippen molar-refractivity contribution in [2.24, 2.45) is 4.99 Å². The molecule has 0 aliphatic heterocycles. The molecule has 2 heterocycles. The van der Waals surface area contributed by atoms with Crippen molar-refractivity contribution in [3.63, 3.8) is 0 Å². The number of hydrogen-bond donors (Lipinski definition) is 1. The molecular weight excluding hydrogens is 435 g/mol. The average Bonchev–Trinajstić information content (AvgIpc) is 3.22. The summed E-state index contributed by atoms with van der Waals surface area (Å²) in [6, 6.07) is 8.38. The van der Waals surface area contributed by atoms with Crippen LogP contribution >= 0.6 is 35.3 Å². The van der Waals surface area contributed by atoms with E-state index >= 15 is 0 Å². The molecule has 2 aromatic heterocycles. The minimum absolute atomic E-state index is 0. The summed E-state index contributed by atoms with van der Waals surface area (Å²) in [5.74, 6) is 1.86. The second-order valence-electron chi connectivity index (χ2n) is 5.67. The van der Waals surface area contributed by atoms with Crippen LogP contribution in [0.25, 0.3) is 0 Å². The summed E-state index contributed by atoms with van der Waals surface area (Å²) >= 11 is 1.80.